The molecule has 0 bridgehead atoms. The maximum atomic E-state index is 13.0. The number of imidazole rings is 1. The Morgan fingerprint density at radius 1 is 1.12 bits per heavy atom. The highest BCUT2D eigenvalue weighted by atomic mass is 16.5. The van der Waals surface area contributed by atoms with E-state index in [0.717, 1.165) is 28.3 Å². The van der Waals surface area contributed by atoms with E-state index in [1.54, 1.807) is 4.90 Å². The normalized spacial score (nSPS) is 18.8. The molecule has 1 aromatic heterocycles. The summed E-state index contributed by atoms with van der Waals surface area (Å²) in [6.45, 7) is 5.63. The maximum absolute atomic E-state index is 13.0. The summed E-state index contributed by atoms with van der Waals surface area (Å²) < 4.78 is 12.9. The molecule has 0 aliphatic carbocycles. The third-order valence-electron chi connectivity index (χ3n) is 6.29. The van der Waals surface area contributed by atoms with Crippen LogP contribution in [0.1, 0.15) is 25.1 Å². The van der Waals surface area contributed by atoms with E-state index in [4.69, 9.17) is 14.5 Å². The lowest BCUT2D eigenvalue weighted by Gasteiger charge is -2.27. The van der Waals surface area contributed by atoms with Crippen LogP contribution in [0.5, 0.6) is 5.75 Å². The van der Waals surface area contributed by atoms with Crippen LogP contribution in [0.25, 0.3) is 11.0 Å². The number of aromatic nitrogens is 2. The molecular formula is C25H28N4O4. The van der Waals surface area contributed by atoms with Crippen LogP contribution in [0.2, 0.25) is 0 Å². The van der Waals surface area contributed by atoms with Crippen molar-refractivity contribution in [2.24, 2.45) is 0 Å². The second kappa shape index (κ2) is 9.23. The highest BCUT2D eigenvalue weighted by Gasteiger charge is 2.35. The quantitative estimate of drug-likeness (QED) is 0.580. The summed E-state index contributed by atoms with van der Waals surface area (Å²) >= 11 is 0. The van der Waals surface area contributed by atoms with Gasteiger partial charge in [0.15, 0.2) is 0 Å². The molecular weight excluding hydrogens is 420 g/mol. The summed E-state index contributed by atoms with van der Waals surface area (Å²) in [5, 5.41) is 0. The Balaban J connectivity index is 1.41. The molecule has 2 aliphatic rings. The number of anilines is 1. The number of rotatable bonds is 6. The van der Waals surface area contributed by atoms with E-state index in [-0.39, 0.29) is 24.3 Å². The van der Waals surface area contributed by atoms with Gasteiger partial charge in [-0.2, -0.15) is 0 Å². The number of morpholine rings is 1. The molecule has 5 rings (SSSR count). The van der Waals surface area contributed by atoms with E-state index in [0.29, 0.717) is 45.9 Å². The standard InChI is InChI=1S/C25H28N4O4/c1-2-33-20-9-7-19(8-10-20)28-16-18(15-23(28)30)25-26-21-5-3-4-6-22(21)29(25)17-24(31)27-11-13-32-14-12-27/h3-10,18H,2,11-17H2,1H3. The van der Waals surface area contributed by atoms with Crippen molar-refractivity contribution >= 4 is 28.5 Å². The molecule has 0 radical (unpaired) electrons. The zero-order valence-corrected chi connectivity index (χ0v) is 18.8. The fourth-order valence-electron chi connectivity index (χ4n) is 4.64. The van der Waals surface area contributed by atoms with Crippen LogP contribution in [0.15, 0.2) is 48.5 Å². The van der Waals surface area contributed by atoms with Crippen LogP contribution in [-0.4, -0.2) is 65.7 Å². The summed E-state index contributed by atoms with van der Waals surface area (Å²) in [6.07, 6.45) is 0.363. The number of hydrogen-bond donors (Lipinski definition) is 0. The number of benzene rings is 2. The van der Waals surface area contributed by atoms with Crippen molar-refractivity contribution < 1.29 is 19.1 Å². The molecule has 8 nitrogen and oxygen atoms in total. The lowest BCUT2D eigenvalue weighted by atomic mass is 10.1. The van der Waals surface area contributed by atoms with Crippen LogP contribution < -0.4 is 9.64 Å². The predicted octanol–water partition coefficient (Wildman–Crippen LogP) is 2.81. The molecule has 2 saturated heterocycles. The molecule has 2 aromatic carbocycles. The van der Waals surface area contributed by atoms with Crippen LogP contribution >= 0.6 is 0 Å². The molecule has 0 N–H and O–H groups in total. The Kier molecular flexibility index (Phi) is 6.00. The van der Waals surface area contributed by atoms with Gasteiger partial charge in [-0.25, -0.2) is 4.98 Å². The fraction of sp³-hybridized carbons (Fsp3) is 0.400. The van der Waals surface area contributed by atoms with Crippen molar-refractivity contribution in [2.75, 3.05) is 44.4 Å². The second-order valence-corrected chi connectivity index (χ2v) is 8.37. The van der Waals surface area contributed by atoms with E-state index in [1.165, 1.54) is 0 Å². The van der Waals surface area contributed by atoms with E-state index in [1.807, 2.05) is 64.9 Å². The number of fused-ring (bicyclic) bond motifs is 1. The molecule has 1 atom stereocenters. The highest BCUT2D eigenvalue weighted by molar-refractivity contribution is 5.96. The van der Waals surface area contributed by atoms with Crippen LogP contribution in [0, 0.1) is 0 Å². The summed E-state index contributed by atoms with van der Waals surface area (Å²) in [7, 11) is 0. The van der Waals surface area contributed by atoms with Gasteiger partial charge >= 0.3 is 0 Å². The molecule has 1 unspecified atom stereocenters. The van der Waals surface area contributed by atoms with Gasteiger partial charge in [-0.05, 0) is 43.3 Å². The Bertz CT molecular complexity index is 1150. The largest absolute Gasteiger partial charge is 0.494 e. The Hall–Kier alpha value is -3.39. The predicted molar refractivity (Wildman–Crippen MR) is 124 cm³/mol. The molecule has 172 valence electrons. The van der Waals surface area contributed by atoms with Gasteiger partial charge in [0.25, 0.3) is 0 Å². The summed E-state index contributed by atoms with van der Waals surface area (Å²) in [4.78, 5) is 34.5. The third kappa shape index (κ3) is 4.30. The number of amides is 2. The summed E-state index contributed by atoms with van der Waals surface area (Å²) in [5.41, 5.74) is 2.60. The first-order valence-corrected chi connectivity index (χ1v) is 11.5. The van der Waals surface area contributed by atoms with E-state index in [9.17, 15) is 9.59 Å². The smallest absolute Gasteiger partial charge is 0.242 e. The SMILES string of the molecule is CCOc1ccc(N2CC(c3nc4ccccc4n3CC(=O)N3CCOCC3)CC2=O)cc1. The van der Waals surface area contributed by atoms with E-state index >= 15 is 0 Å². The van der Waals surface area contributed by atoms with Gasteiger partial charge in [0.05, 0.1) is 30.9 Å². The average molecular weight is 449 g/mol. The summed E-state index contributed by atoms with van der Waals surface area (Å²) in [5.74, 6) is 1.60. The molecule has 2 amide bonds. The van der Waals surface area contributed by atoms with Crippen molar-refractivity contribution in [3.8, 4) is 5.75 Å². The van der Waals surface area contributed by atoms with Crippen molar-refractivity contribution in [3.63, 3.8) is 0 Å². The first kappa shape index (κ1) is 21.5. The van der Waals surface area contributed by atoms with E-state index in [2.05, 4.69) is 0 Å². The first-order chi connectivity index (χ1) is 16.1. The summed E-state index contributed by atoms with van der Waals surface area (Å²) in [6, 6.07) is 15.4. The molecule has 2 aliphatic heterocycles. The average Bonchev–Trinajstić information content (AvgIpc) is 3.41. The zero-order chi connectivity index (χ0) is 22.8. The number of hydrogen-bond acceptors (Lipinski definition) is 5. The van der Waals surface area contributed by atoms with Crippen molar-refractivity contribution in [2.45, 2.75) is 25.8 Å². The Morgan fingerprint density at radius 3 is 2.64 bits per heavy atom. The fourth-order valence-corrected chi connectivity index (χ4v) is 4.64. The topological polar surface area (TPSA) is 76.9 Å². The number of para-hydroxylation sites is 2. The highest BCUT2D eigenvalue weighted by Crippen LogP contribution is 2.34. The maximum Gasteiger partial charge on any atom is 0.242 e. The number of carbonyl (C=O) groups is 2. The van der Waals surface area contributed by atoms with Crippen molar-refractivity contribution in [1.82, 2.24) is 14.5 Å². The minimum atomic E-state index is -0.0889. The molecule has 3 aromatic rings. The van der Waals surface area contributed by atoms with Gasteiger partial charge in [-0.3, -0.25) is 9.59 Å². The van der Waals surface area contributed by atoms with Crippen molar-refractivity contribution in [1.29, 1.82) is 0 Å². The first-order valence-electron chi connectivity index (χ1n) is 11.5. The lowest BCUT2D eigenvalue weighted by Crippen LogP contribution is -2.42. The Labute approximate surface area is 192 Å². The van der Waals surface area contributed by atoms with Gasteiger partial charge < -0.3 is 23.8 Å². The molecule has 33 heavy (non-hydrogen) atoms. The van der Waals surface area contributed by atoms with Crippen LogP contribution in [-0.2, 0) is 20.9 Å². The van der Waals surface area contributed by atoms with Crippen molar-refractivity contribution in [3.05, 3.63) is 54.4 Å². The molecule has 8 heteroatoms. The Morgan fingerprint density at radius 2 is 1.88 bits per heavy atom. The lowest BCUT2D eigenvalue weighted by molar-refractivity contribution is -0.135. The van der Waals surface area contributed by atoms with Gasteiger partial charge in [0, 0.05) is 37.7 Å². The van der Waals surface area contributed by atoms with Crippen LogP contribution in [0.4, 0.5) is 5.69 Å². The number of ether oxygens (including phenoxy) is 2. The van der Waals surface area contributed by atoms with E-state index < -0.39 is 0 Å². The van der Waals surface area contributed by atoms with Gasteiger partial charge in [0.1, 0.15) is 18.1 Å². The zero-order valence-electron chi connectivity index (χ0n) is 18.8. The molecule has 0 spiro atoms. The van der Waals surface area contributed by atoms with Gasteiger partial charge in [-0.15, -0.1) is 0 Å². The molecule has 0 saturated carbocycles. The van der Waals surface area contributed by atoms with Gasteiger partial charge in [0.2, 0.25) is 11.8 Å². The number of carbonyl (C=O) groups excluding carboxylic acids is 2. The molecule has 2 fully saturated rings. The monoisotopic (exact) mass is 448 g/mol. The van der Waals surface area contributed by atoms with Gasteiger partial charge in [-0.1, -0.05) is 12.1 Å². The van der Waals surface area contributed by atoms with Crippen LogP contribution in [0.3, 0.4) is 0 Å². The minimum absolute atomic E-state index is 0.0513. The minimum Gasteiger partial charge on any atom is -0.494 e. The second-order valence-electron chi connectivity index (χ2n) is 8.37. The third-order valence-corrected chi connectivity index (χ3v) is 6.29. The number of nitrogens with zero attached hydrogens (tertiary/aromatic N) is 4. The molecule has 3 heterocycles.